The van der Waals surface area contributed by atoms with Crippen LogP contribution >= 0.6 is 0 Å². The van der Waals surface area contributed by atoms with E-state index in [4.69, 9.17) is 5.73 Å². The van der Waals surface area contributed by atoms with Crippen LogP contribution in [0, 0.1) is 11.7 Å². The van der Waals surface area contributed by atoms with Crippen LogP contribution < -0.4 is 5.73 Å². The maximum Gasteiger partial charge on any atom is 0.217 e. The van der Waals surface area contributed by atoms with E-state index in [1.807, 2.05) is 0 Å². The number of hydrogen-bond acceptors (Lipinski definition) is 3. The molecule has 4 nitrogen and oxygen atoms in total. The number of benzene rings is 1. The molecule has 2 unspecified atom stereocenters. The van der Waals surface area contributed by atoms with Gasteiger partial charge in [0, 0.05) is 25.1 Å². The van der Waals surface area contributed by atoms with Crippen molar-refractivity contribution in [2.45, 2.75) is 31.8 Å². The van der Waals surface area contributed by atoms with Crippen molar-refractivity contribution in [3.05, 3.63) is 35.6 Å². The Labute approximate surface area is 124 Å². The van der Waals surface area contributed by atoms with E-state index in [1.165, 1.54) is 6.07 Å². The van der Waals surface area contributed by atoms with E-state index in [1.54, 1.807) is 18.2 Å². The molecule has 0 saturated carbocycles. The van der Waals surface area contributed by atoms with Gasteiger partial charge < -0.3 is 15.7 Å². The van der Waals surface area contributed by atoms with Crippen molar-refractivity contribution in [2.24, 2.45) is 11.7 Å². The first-order valence-corrected chi connectivity index (χ1v) is 7.49. The molecule has 1 aliphatic heterocycles. The monoisotopic (exact) mass is 294 g/mol. The van der Waals surface area contributed by atoms with Gasteiger partial charge in [0.25, 0.3) is 0 Å². The third-order valence-electron chi connectivity index (χ3n) is 4.10. The number of hydrogen-bond donors (Lipinski definition) is 2. The highest BCUT2D eigenvalue weighted by molar-refractivity contribution is 5.73. The van der Waals surface area contributed by atoms with Crippen molar-refractivity contribution >= 4 is 5.91 Å². The first kappa shape index (κ1) is 15.9. The molecule has 1 fully saturated rings. The number of aliphatic hydroxyl groups is 1. The third kappa shape index (κ3) is 4.79. The molecule has 3 N–H and O–H groups in total. The van der Waals surface area contributed by atoms with E-state index < -0.39 is 6.10 Å². The zero-order valence-corrected chi connectivity index (χ0v) is 12.2. The lowest BCUT2D eigenvalue weighted by molar-refractivity contribution is -0.118. The lowest BCUT2D eigenvalue weighted by Gasteiger charge is -2.34. The molecule has 2 rings (SSSR count). The number of nitrogens with zero attached hydrogens (tertiary/aromatic N) is 1. The SMILES string of the molecule is NC(=O)CCC1CCCN(CC(O)c2ccccc2F)C1. The minimum Gasteiger partial charge on any atom is -0.387 e. The smallest absolute Gasteiger partial charge is 0.217 e. The van der Waals surface area contributed by atoms with Crippen LogP contribution in [0.5, 0.6) is 0 Å². The summed E-state index contributed by atoms with van der Waals surface area (Å²) in [7, 11) is 0. The number of rotatable bonds is 6. The molecule has 1 aliphatic rings. The average Bonchev–Trinajstić information content (AvgIpc) is 2.46. The number of aliphatic hydroxyl groups excluding tert-OH is 1. The van der Waals surface area contributed by atoms with Gasteiger partial charge in [-0.05, 0) is 37.8 Å². The molecule has 116 valence electrons. The number of β-amino-alcohol motifs (C(OH)–C–C–N with tert-alkyl or cyclic N) is 1. The van der Waals surface area contributed by atoms with Crippen LogP contribution in [0.25, 0.3) is 0 Å². The third-order valence-corrected chi connectivity index (χ3v) is 4.10. The van der Waals surface area contributed by atoms with Crippen LogP contribution in [0.2, 0.25) is 0 Å². The molecule has 5 heteroatoms. The van der Waals surface area contributed by atoms with Gasteiger partial charge in [-0.2, -0.15) is 0 Å². The van der Waals surface area contributed by atoms with Crippen molar-refractivity contribution in [1.82, 2.24) is 4.90 Å². The van der Waals surface area contributed by atoms with Crippen molar-refractivity contribution in [2.75, 3.05) is 19.6 Å². The molecule has 1 amide bonds. The Balaban J connectivity index is 1.87. The highest BCUT2D eigenvalue weighted by Crippen LogP contribution is 2.24. The second-order valence-corrected chi connectivity index (χ2v) is 5.81. The highest BCUT2D eigenvalue weighted by Gasteiger charge is 2.23. The number of carbonyl (C=O) groups excluding carboxylic acids is 1. The topological polar surface area (TPSA) is 66.6 Å². The lowest BCUT2D eigenvalue weighted by Crippen LogP contribution is -2.38. The van der Waals surface area contributed by atoms with Gasteiger partial charge in [0.15, 0.2) is 0 Å². The highest BCUT2D eigenvalue weighted by atomic mass is 19.1. The summed E-state index contributed by atoms with van der Waals surface area (Å²) >= 11 is 0. The normalized spacial score (nSPS) is 21.1. The van der Waals surface area contributed by atoms with Gasteiger partial charge in [-0.1, -0.05) is 18.2 Å². The maximum atomic E-state index is 13.7. The Morgan fingerprint density at radius 1 is 1.48 bits per heavy atom. The Morgan fingerprint density at radius 3 is 2.95 bits per heavy atom. The van der Waals surface area contributed by atoms with Crippen LogP contribution in [0.15, 0.2) is 24.3 Å². The summed E-state index contributed by atoms with van der Waals surface area (Å²) < 4.78 is 13.7. The van der Waals surface area contributed by atoms with Crippen LogP contribution in [0.3, 0.4) is 0 Å². The summed E-state index contributed by atoms with van der Waals surface area (Å²) in [5, 5.41) is 10.2. The van der Waals surface area contributed by atoms with Crippen molar-refractivity contribution < 1.29 is 14.3 Å². The van der Waals surface area contributed by atoms with Crippen LogP contribution in [-0.4, -0.2) is 35.5 Å². The molecule has 1 heterocycles. The fourth-order valence-electron chi connectivity index (χ4n) is 2.99. The minimum atomic E-state index is -0.818. The predicted molar refractivity (Wildman–Crippen MR) is 79.0 cm³/mol. The molecule has 0 spiro atoms. The van der Waals surface area contributed by atoms with Crippen molar-refractivity contribution in [3.63, 3.8) is 0 Å². The summed E-state index contributed by atoms with van der Waals surface area (Å²) in [6.45, 7) is 2.16. The fraction of sp³-hybridized carbons (Fsp3) is 0.562. The first-order valence-electron chi connectivity index (χ1n) is 7.49. The molecule has 21 heavy (non-hydrogen) atoms. The van der Waals surface area contributed by atoms with E-state index in [-0.39, 0.29) is 11.7 Å². The Kier molecular flexibility index (Phi) is 5.70. The van der Waals surface area contributed by atoms with Gasteiger partial charge in [-0.3, -0.25) is 4.79 Å². The Hall–Kier alpha value is -1.46. The molecule has 1 aromatic carbocycles. The van der Waals surface area contributed by atoms with E-state index in [9.17, 15) is 14.3 Å². The van der Waals surface area contributed by atoms with Crippen LogP contribution in [0.4, 0.5) is 4.39 Å². The first-order chi connectivity index (χ1) is 10.1. The molecule has 0 radical (unpaired) electrons. The summed E-state index contributed by atoms with van der Waals surface area (Å²) in [4.78, 5) is 13.0. The summed E-state index contributed by atoms with van der Waals surface area (Å²) in [6, 6.07) is 6.33. The average molecular weight is 294 g/mol. The molecule has 1 aromatic rings. The number of amides is 1. The number of nitrogens with two attached hydrogens (primary N) is 1. The molecular weight excluding hydrogens is 271 g/mol. The standard InChI is InChI=1S/C16H23FN2O2/c17-14-6-2-1-5-13(14)15(20)11-19-9-3-4-12(10-19)7-8-16(18)21/h1-2,5-6,12,15,20H,3-4,7-11H2,(H2,18,21). The van der Waals surface area contributed by atoms with Crippen LogP contribution in [-0.2, 0) is 4.79 Å². The molecule has 2 atom stereocenters. The molecular formula is C16H23FN2O2. The summed E-state index contributed by atoms with van der Waals surface area (Å²) in [6.07, 6.45) is 2.50. The number of piperidine rings is 1. The lowest BCUT2D eigenvalue weighted by atomic mass is 9.93. The van der Waals surface area contributed by atoms with Crippen molar-refractivity contribution in [3.8, 4) is 0 Å². The fourth-order valence-corrected chi connectivity index (χ4v) is 2.99. The zero-order valence-electron chi connectivity index (χ0n) is 12.2. The van der Waals surface area contributed by atoms with E-state index >= 15 is 0 Å². The maximum absolute atomic E-state index is 13.7. The van der Waals surface area contributed by atoms with Crippen molar-refractivity contribution in [1.29, 1.82) is 0 Å². The second-order valence-electron chi connectivity index (χ2n) is 5.81. The molecule has 0 aliphatic carbocycles. The second kappa shape index (κ2) is 7.52. The quantitative estimate of drug-likeness (QED) is 0.841. The zero-order chi connectivity index (χ0) is 15.2. The van der Waals surface area contributed by atoms with Gasteiger partial charge in [0.2, 0.25) is 5.91 Å². The van der Waals surface area contributed by atoms with E-state index in [0.29, 0.717) is 24.4 Å². The Bertz CT molecular complexity index is 481. The molecule has 1 saturated heterocycles. The molecule has 0 aromatic heterocycles. The van der Waals surface area contributed by atoms with Gasteiger partial charge in [-0.25, -0.2) is 4.39 Å². The summed E-state index contributed by atoms with van der Waals surface area (Å²) in [5.74, 6) is -0.204. The van der Waals surface area contributed by atoms with E-state index in [0.717, 1.165) is 32.4 Å². The van der Waals surface area contributed by atoms with Gasteiger partial charge in [-0.15, -0.1) is 0 Å². The largest absolute Gasteiger partial charge is 0.387 e. The Morgan fingerprint density at radius 2 is 2.24 bits per heavy atom. The summed E-state index contributed by atoms with van der Waals surface area (Å²) in [5.41, 5.74) is 5.53. The minimum absolute atomic E-state index is 0.265. The van der Waals surface area contributed by atoms with Crippen LogP contribution in [0.1, 0.15) is 37.4 Å². The molecule has 0 bridgehead atoms. The number of primary amides is 1. The van der Waals surface area contributed by atoms with E-state index in [2.05, 4.69) is 4.90 Å². The predicted octanol–water partition coefficient (Wildman–Crippen LogP) is 1.84. The van der Waals surface area contributed by atoms with Gasteiger partial charge >= 0.3 is 0 Å². The number of likely N-dealkylation sites (tertiary alicyclic amines) is 1. The van der Waals surface area contributed by atoms with Gasteiger partial charge in [0.1, 0.15) is 5.82 Å². The van der Waals surface area contributed by atoms with Gasteiger partial charge in [0.05, 0.1) is 6.10 Å². The number of carbonyl (C=O) groups is 1. The number of halogens is 1.